The van der Waals surface area contributed by atoms with Crippen LogP contribution in [0, 0.1) is 6.92 Å². The van der Waals surface area contributed by atoms with Crippen molar-refractivity contribution in [3.8, 4) is 5.69 Å². The summed E-state index contributed by atoms with van der Waals surface area (Å²) in [5.74, 6) is 0.373. The Kier molecular flexibility index (Phi) is 4.05. The molecule has 23 heavy (non-hydrogen) atoms. The molecule has 8 heteroatoms. The van der Waals surface area contributed by atoms with Crippen molar-refractivity contribution in [2.24, 2.45) is 0 Å². The summed E-state index contributed by atoms with van der Waals surface area (Å²) in [6.07, 6.45) is 3.68. The van der Waals surface area contributed by atoms with Crippen molar-refractivity contribution in [2.45, 2.75) is 20.3 Å². The number of para-hydroxylation sites is 2. The molecule has 0 atom stereocenters. The molecule has 0 aliphatic heterocycles. The summed E-state index contributed by atoms with van der Waals surface area (Å²) in [4.78, 5) is 20.5. The smallest absolute Gasteiger partial charge is 0.275 e. The van der Waals surface area contributed by atoms with E-state index in [4.69, 9.17) is 0 Å². The molecule has 116 valence electrons. The van der Waals surface area contributed by atoms with E-state index in [0.29, 0.717) is 23.6 Å². The average Bonchev–Trinajstić information content (AvgIpc) is 3.04. The van der Waals surface area contributed by atoms with Crippen LogP contribution in [-0.2, 0) is 6.42 Å². The third-order valence-electron chi connectivity index (χ3n) is 3.24. The van der Waals surface area contributed by atoms with Gasteiger partial charge >= 0.3 is 0 Å². The number of aryl methyl sites for hydroxylation is 2. The van der Waals surface area contributed by atoms with Crippen molar-refractivity contribution in [1.29, 1.82) is 0 Å². The number of benzene rings is 1. The van der Waals surface area contributed by atoms with Crippen LogP contribution >= 0.6 is 0 Å². The van der Waals surface area contributed by atoms with E-state index in [1.54, 1.807) is 16.9 Å². The Morgan fingerprint density at radius 2 is 2.04 bits per heavy atom. The van der Waals surface area contributed by atoms with Crippen LogP contribution in [0.4, 0.5) is 5.69 Å². The van der Waals surface area contributed by atoms with Crippen LogP contribution in [0.3, 0.4) is 0 Å². The van der Waals surface area contributed by atoms with Gasteiger partial charge in [-0.15, -0.1) is 5.10 Å². The second kappa shape index (κ2) is 6.30. The zero-order chi connectivity index (χ0) is 16.2. The number of aromatic nitrogens is 6. The van der Waals surface area contributed by atoms with Crippen LogP contribution < -0.4 is 5.32 Å². The Bertz CT molecular complexity index is 826. The SMILES string of the molecule is CCc1nnnn1-c1ccccc1NC(=O)c1cnc(C)cn1. The molecule has 1 aromatic carbocycles. The van der Waals surface area contributed by atoms with Crippen molar-refractivity contribution in [1.82, 2.24) is 30.2 Å². The third kappa shape index (κ3) is 3.05. The maximum Gasteiger partial charge on any atom is 0.275 e. The van der Waals surface area contributed by atoms with Crippen LogP contribution in [-0.4, -0.2) is 36.1 Å². The zero-order valence-corrected chi connectivity index (χ0v) is 12.8. The lowest BCUT2D eigenvalue weighted by Gasteiger charge is -2.11. The number of nitrogens with zero attached hydrogens (tertiary/aromatic N) is 6. The Morgan fingerprint density at radius 1 is 1.22 bits per heavy atom. The van der Waals surface area contributed by atoms with E-state index >= 15 is 0 Å². The van der Waals surface area contributed by atoms with E-state index < -0.39 is 0 Å². The standard InChI is InChI=1S/C15H15N7O/c1-3-14-19-20-21-22(14)13-7-5-4-6-11(13)18-15(23)12-9-16-10(2)8-17-12/h4-9H,3H2,1-2H3,(H,18,23). The van der Waals surface area contributed by atoms with Crippen LogP contribution in [0.1, 0.15) is 28.9 Å². The van der Waals surface area contributed by atoms with Crippen molar-refractivity contribution in [3.63, 3.8) is 0 Å². The van der Waals surface area contributed by atoms with E-state index in [1.165, 1.54) is 6.20 Å². The summed E-state index contributed by atoms with van der Waals surface area (Å²) >= 11 is 0. The Hall–Kier alpha value is -3.16. The Labute approximate surface area is 132 Å². The molecule has 1 amide bonds. The molecule has 0 fully saturated rings. The summed E-state index contributed by atoms with van der Waals surface area (Å²) in [6.45, 7) is 3.78. The molecule has 0 aliphatic rings. The van der Waals surface area contributed by atoms with E-state index in [2.05, 4.69) is 30.8 Å². The fourth-order valence-corrected chi connectivity index (χ4v) is 2.07. The molecule has 0 radical (unpaired) electrons. The van der Waals surface area contributed by atoms with E-state index in [0.717, 1.165) is 5.69 Å². The monoisotopic (exact) mass is 309 g/mol. The minimum atomic E-state index is -0.337. The van der Waals surface area contributed by atoms with E-state index in [1.807, 2.05) is 32.0 Å². The van der Waals surface area contributed by atoms with Crippen molar-refractivity contribution >= 4 is 11.6 Å². The normalized spacial score (nSPS) is 10.5. The average molecular weight is 309 g/mol. The molecule has 0 saturated heterocycles. The molecule has 0 bridgehead atoms. The molecule has 3 aromatic rings. The van der Waals surface area contributed by atoms with Gasteiger partial charge in [0.2, 0.25) is 0 Å². The van der Waals surface area contributed by atoms with Crippen molar-refractivity contribution in [2.75, 3.05) is 5.32 Å². The van der Waals surface area contributed by atoms with Gasteiger partial charge in [0, 0.05) is 12.6 Å². The zero-order valence-electron chi connectivity index (χ0n) is 12.8. The summed E-state index contributed by atoms with van der Waals surface area (Å²) in [5.41, 5.74) is 2.30. The summed E-state index contributed by atoms with van der Waals surface area (Å²) in [6, 6.07) is 7.32. The number of hydrogen-bond acceptors (Lipinski definition) is 6. The Morgan fingerprint density at radius 3 is 2.78 bits per heavy atom. The molecule has 3 rings (SSSR count). The van der Waals surface area contributed by atoms with Gasteiger partial charge in [0.1, 0.15) is 5.69 Å². The van der Waals surface area contributed by atoms with E-state index in [9.17, 15) is 4.79 Å². The predicted octanol–water partition coefficient (Wildman–Crippen LogP) is 1.58. The van der Waals surface area contributed by atoms with Gasteiger partial charge in [-0.05, 0) is 29.5 Å². The molecule has 2 aromatic heterocycles. The first-order chi connectivity index (χ1) is 11.2. The maximum absolute atomic E-state index is 12.3. The molecular formula is C15H15N7O. The van der Waals surface area contributed by atoms with Crippen LogP contribution in [0.15, 0.2) is 36.7 Å². The molecule has 0 spiro atoms. The number of amides is 1. The number of rotatable bonds is 4. The number of tetrazole rings is 1. The first-order valence-corrected chi connectivity index (χ1v) is 7.15. The van der Waals surface area contributed by atoms with Gasteiger partial charge in [0.15, 0.2) is 5.82 Å². The molecule has 1 N–H and O–H groups in total. The predicted molar refractivity (Wildman–Crippen MR) is 83.3 cm³/mol. The molecular weight excluding hydrogens is 294 g/mol. The van der Waals surface area contributed by atoms with Gasteiger partial charge in [-0.1, -0.05) is 19.1 Å². The molecule has 0 saturated carbocycles. The lowest BCUT2D eigenvalue weighted by atomic mass is 10.2. The highest BCUT2D eigenvalue weighted by molar-refractivity contribution is 6.03. The van der Waals surface area contributed by atoms with Crippen LogP contribution in [0.25, 0.3) is 5.69 Å². The Balaban J connectivity index is 1.92. The highest BCUT2D eigenvalue weighted by Crippen LogP contribution is 2.20. The number of carbonyl (C=O) groups excluding carboxylic acids is 1. The van der Waals surface area contributed by atoms with Gasteiger partial charge in [0.25, 0.3) is 5.91 Å². The van der Waals surface area contributed by atoms with Gasteiger partial charge in [-0.2, -0.15) is 4.68 Å². The van der Waals surface area contributed by atoms with Gasteiger partial charge in [-0.3, -0.25) is 9.78 Å². The topological polar surface area (TPSA) is 98.5 Å². The third-order valence-corrected chi connectivity index (χ3v) is 3.24. The van der Waals surface area contributed by atoms with Crippen LogP contribution in [0.5, 0.6) is 0 Å². The largest absolute Gasteiger partial charge is 0.319 e. The summed E-state index contributed by atoms with van der Waals surface area (Å²) < 4.78 is 1.61. The minimum Gasteiger partial charge on any atom is -0.319 e. The summed E-state index contributed by atoms with van der Waals surface area (Å²) in [7, 11) is 0. The highest BCUT2D eigenvalue weighted by Gasteiger charge is 2.14. The van der Waals surface area contributed by atoms with Gasteiger partial charge in [-0.25, -0.2) is 4.98 Å². The highest BCUT2D eigenvalue weighted by atomic mass is 16.1. The molecule has 2 heterocycles. The second-order valence-electron chi connectivity index (χ2n) is 4.87. The lowest BCUT2D eigenvalue weighted by molar-refractivity contribution is 0.102. The van der Waals surface area contributed by atoms with Gasteiger partial charge in [0.05, 0.1) is 23.3 Å². The minimum absolute atomic E-state index is 0.248. The van der Waals surface area contributed by atoms with Crippen molar-refractivity contribution in [3.05, 3.63) is 53.9 Å². The summed E-state index contributed by atoms with van der Waals surface area (Å²) in [5, 5.41) is 14.5. The fourth-order valence-electron chi connectivity index (χ4n) is 2.07. The lowest BCUT2D eigenvalue weighted by Crippen LogP contribution is -2.16. The van der Waals surface area contributed by atoms with Crippen molar-refractivity contribution < 1.29 is 4.79 Å². The first kappa shape index (κ1) is 14.8. The molecule has 8 nitrogen and oxygen atoms in total. The van der Waals surface area contributed by atoms with E-state index in [-0.39, 0.29) is 11.6 Å². The number of hydrogen-bond donors (Lipinski definition) is 1. The van der Waals surface area contributed by atoms with Gasteiger partial charge < -0.3 is 5.32 Å². The fraction of sp³-hybridized carbons (Fsp3) is 0.200. The first-order valence-electron chi connectivity index (χ1n) is 7.15. The maximum atomic E-state index is 12.3. The number of nitrogens with one attached hydrogen (secondary N) is 1. The quantitative estimate of drug-likeness (QED) is 0.785. The number of carbonyl (C=O) groups is 1. The second-order valence-corrected chi connectivity index (χ2v) is 4.87. The van der Waals surface area contributed by atoms with Crippen LogP contribution in [0.2, 0.25) is 0 Å². The molecule has 0 unspecified atom stereocenters. The molecule has 0 aliphatic carbocycles. The number of anilines is 1.